The Morgan fingerprint density at radius 3 is 2.03 bits per heavy atom. The molecular formula is C27H35N5O3. The second-order valence-corrected chi connectivity index (χ2v) is 9.70. The molecule has 2 aromatic rings. The van der Waals surface area contributed by atoms with Gasteiger partial charge >= 0.3 is 6.03 Å². The van der Waals surface area contributed by atoms with E-state index in [4.69, 9.17) is 5.73 Å². The summed E-state index contributed by atoms with van der Waals surface area (Å²) in [7, 11) is 0. The second-order valence-electron chi connectivity index (χ2n) is 9.70. The van der Waals surface area contributed by atoms with E-state index < -0.39 is 12.2 Å². The zero-order valence-electron chi connectivity index (χ0n) is 20.5. The van der Waals surface area contributed by atoms with Gasteiger partial charge in [-0.05, 0) is 70.2 Å². The Balaban J connectivity index is 1.58. The number of nitrogens with one attached hydrogen (secondary N) is 2. The van der Waals surface area contributed by atoms with Gasteiger partial charge in [0.15, 0.2) is 6.17 Å². The van der Waals surface area contributed by atoms with Crippen molar-refractivity contribution < 1.29 is 14.4 Å². The summed E-state index contributed by atoms with van der Waals surface area (Å²) in [5, 5.41) is 5.99. The normalized spacial score (nSPS) is 22.4. The van der Waals surface area contributed by atoms with Crippen molar-refractivity contribution in [2.75, 3.05) is 18.4 Å². The van der Waals surface area contributed by atoms with E-state index in [9.17, 15) is 14.4 Å². The molecule has 4 amide bonds. The van der Waals surface area contributed by atoms with Gasteiger partial charge in [-0.15, -0.1) is 0 Å². The lowest BCUT2D eigenvalue weighted by molar-refractivity contribution is -0.133. The largest absolute Gasteiger partial charge is 0.350 e. The first-order valence-corrected chi connectivity index (χ1v) is 12.4. The van der Waals surface area contributed by atoms with E-state index in [2.05, 4.69) is 10.6 Å². The number of benzene rings is 2. The van der Waals surface area contributed by atoms with E-state index in [0.717, 1.165) is 36.8 Å². The van der Waals surface area contributed by atoms with Crippen LogP contribution in [0.3, 0.4) is 0 Å². The van der Waals surface area contributed by atoms with Crippen molar-refractivity contribution in [1.82, 2.24) is 15.1 Å². The molecule has 1 saturated heterocycles. The van der Waals surface area contributed by atoms with Crippen LogP contribution in [-0.2, 0) is 4.79 Å². The Morgan fingerprint density at radius 1 is 0.829 bits per heavy atom. The van der Waals surface area contributed by atoms with Crippen molar-refractivity contribution in [2.45, 2.75) is 64.2 Å². The Morgan fingerprint density at radius 2 is 1.40 bits per heavy atom. The number of rotatable bonds is 4. The Hall–Kier alpha value is -3.39. The molecule has 2 fully saturated rings. The van der Waals surface area contributed by atoms with Crippen LogP contribution < -0.4 is 16.4 Å². The van der Waals surface area contributed by atoms with Gasteiger partial charge in [-0.3, -0.25) is 14.5 Å². The molecule has 8 nitrogen and oxygen atoms in total. The third kappa shape index (κ3) is 6.00. The highest BCUT2D eigenvalue weighted by Crippen LogP contribution is 2.22. The summed E-state index contributed by atoms with van der Waals surface area (Å²) in [6.45, 7) is 4.71. The van der Waals surface area contributed by atoms with Crippen molar-refractivity contribution >= 4 is 23.5 Å². The molecule has 186 valence electrons. The predicted molar refractivity (Wildman–Crippen MR) is 136 cm³/mol. The molecule has 0 bridgehead atoms. The number of aryl methyl sites for hydroxylation is 2. The van der Waals surface area contributed by atoms with E-state index in [1.165, 1.54) is 9.80 Å². The summed E-state index contributed by atoms with van der Waals surface area (Å²) in [5.74, 6) is -0.589. The van der Waals surface area contributed by atoms with E-state index in [-0.39, 0.29) is 23.9 Å². The molecule has 1 unspecified atom stereocenters. The third-order valence-electron chi connectivity index (χ3n) is 6.86. The van der Waals surface area contributed by atoms with Gasteiger partial charge in [-0.2, -0.15) is 0 Å². The van der Waals surface area contributed by atoms with E-state index in [0.29, 0.717) is 30.8 Å². The summed E-state index contributed by atoms with van der Waals surface area (Å²) in [6.07, 6.45) is 2.83. The van der Waals surface area contributed by atoms with Gasteiger partial charge in [0.2, 0.25) is 0 Å². The summed E-state index contributed by atoms with van der Waals surface area (Å²) in [6, 6.07) is 14.5. The molecule has 1 saturated carbocycles. The van der Waals surface area contributed by atoms with Crippen molar-refractivity contribution in [2.24, 2.45) is 5.73 Å². The van der Waals surface area contributed by atoms with E-state index in [1.54, 1.807) is 12.1 Å². The molecule has 0 spiro atoms. The number of nitrogens with two attached hydrogens (primary N) is 1. The molecule has 0 aromatic heterocycles. The van der Waals surface area contributed by atoms with Crippen molar-refractivity contribution in [3.8, 4) is 0 Å². The van der Waals surface area contributed by atoms with Gasteiger partial charge < -0.3 is 21.3 Å². The van der Waals surface area contributed by atoms with Gasteiger partial charge in [0.1, 0.15) is 0 Å². The van der Waals surface area contributed by atoms with Gasteiger partial charge in [0, 0.05) is 36.4 Å². The van der Waals surface area contributed by atoms with Gasteiger partial charge in [-0.25, -0.2) is 4.79 Å². The highest BCUT2D eigenvalue weighted by Gasteiger charge is 2.41. The molecule has 8 heteroatoms. The van der Waals surface area contributed by atoms with Crippen LogP contribution in [0.25, 0.3) is 0 Å². The van der Waals surface area contributed by atoms with Crippen molar-refractivity contribution in [3.63, 3.8) is 0 Å². The first-order valence-electron chi connectivity index (χ1n) is 12.4. The quantitative estimate of drug-likeness (QED) is 0.627. The molecule has 1 heterocycles. The summed E-state index contributed by atoms with van der Waals surface area (Å²) < 4.78 is 0. The Bertz CT molecular complexity index is 1050. The van der Waals surface area contributed by atoms with Crippen LogP contribution in [0.4, 0.5) is 10.5 Å². The van der Waals surface area contributed by atoms with Crippen molar-refractivity contribution in [3.05, 3.63) is 65.2 Å². The first-order chi connectivity index (χ1) is 16.8. The second kappa shape index (κ2) is 10.9. The molecule has 2 aliphatic rings. The van der Waals surface area contributed by atoms with Crippen LogP contribution >= 0.6 is 0 Å². The molecule has 4 N–H and O–H groups in total. The molecule has 1 aliphatic carbocycles. The molecule has 1 atom stereocenters. The maximum Gasteiger partial charge on any atom is 0.323 e. The summed E-state index contributed by atoms with van der Waals surface area (Å²) in [5.41, 5.74) is 9.29. The average molecular weight is 478 g/mol. The number of carbonyl (C=O) groups excluding carboxylic acids is 3. The number of amides is 4. The highest BCUT2D eigenvalue weighted by molar-refractivity contribution is 6.00. The molecule has 1 aliphatic heterocycles. The monoisotopic (exact) mass is 477 g/mol. The zero-order chi connectivity index (χ0) is 24.9. The van der Waals surface area contributed by atoms with Crippen LogP contribution in [-0.4, -0.2) is 59.0 Å². The standard InChI is InChI=1S/C27H35N5O3/c1-18-4-8-20(9-5-18)26(34)31-16-3-17-32(27(35)30-23-12-6-19(2)7-13-23)25(31)24(33)29-22-14-10-21(28)11-15-22/h4-9,12-13,21-22,25H,3,10-11,14-17,28H2,1-2H3,(H,29,33)(H,30,35). The lowest BCUT2D eigenvalue weighted by atomic mass is 9.91. The number of hydrogen-bond donors (Lipinski definition) is 3. The van der Waals surface area contributed by atoms with E-state index >= 15 is 0 Å². The maximum absolute atomic E-state index is 13.6. The Kier molecular flexibility index (Phi) is 7.70. The first kappa shape index (κ1) is 24.7. The van der Waals surface area contributed by atoms with E-state index in [1.807, 2.05) is 50.2 Å². The molecule has 35 heavy (non-hydrogen) atoms. The van der Waals surface area contributed by atoms with Crippen LogP contribution in [0.15, 0.2) is 48.5 Å². The fraction of sp³-hybridized carbons (Fsp3) is 0.444. The molecule has 0 radical (unpaired) electrons. The third-order valence-corrected chi connectivity index (χ3v) is 6.86. The summed E-state index contributed by atoms with van der Waals surface area (Å²) >= 11 is 0. The van der Waals surface area contributed by atoms with Gasteiger partial charge in [0.05, 0.1) is 0 Å². The predicted octanol–water partition coefficient (Wildman–Crippen LogP) is 3.40. The molecule has 4 rings (SSSR count). The fourth-order valence-electron chi connectivity index (χ4n) is 4.77. The van der Waals surface area contributed by atoms with Crippen LogP contribution in [0.1, 0.15) is 53.6 Å². The van der Waals surface area contributed by atoms with Gasteiger partial charge in [0.25, 0.3) is 11.8 Å². The lowest BCUT2D eigenvalue weighted by Crippen LogP contribution is -2.65. The fourth-order valence-corrected chi connectivity index (χ4v) is 4.77. The number of urea groups is 1. The number of anilines is 1. The minimum Gasteiger partial charge on any atom is -0.350 e. The molecular weight excluding hydrogens is 442 g/mol. The Labute approximate surface area is 206 Å². The topological polar surface area (TPSA) is 108 Å². The maximum atomic E-state index is 13.6. The number of nitrogens with zero attached hydrogens (tertiary/aromatic N) is 2. The minimum absolute atomic E-state index is 0.0115. The van der Waals surface area contributed by atoms with Gasteiger partial charge in [-0.1, -0.05) is 35.4 Å². The molecule has 2 aromatic carbocycles. The zero-order valence-corrected chi connectivity index (χ0v) is 20.5. The van der Waals surface area contributed by atoms with Crippen LogP contribution in [0.5, 0.6) is 0 Å². The summed E-state index contributed by atoms with van der Waals surface area (Å²) in [4.78, 5) is 43.4. The minimum atomic E-state index is -1.03. The van der Waals surface area contributed by atoms with Crippen molar-refractivity contribution in [1.29, 1.82) is 0 Å². The highest BCUT2D eigenvalue weighted by atomic mass is 16.2. The SMILES string of the molecule is Cc1ccc(NC(=O)N2CCCN(C(=O)c3ccc(C)cc3)C2C(=O)NC2CCC(N)CC2)cc1. The van der Waals surface area contributed by atoms with Crippen LogP contribution in [0.2, 0.25) is 0 Å². The van der Waals surface area contributed by atoms with Crippen LogP contribution in [0, 0.1) is 13.8 Å². The average Bonchev–Trinajstić information content (AvgIpc) is 2.86. The number of hydrogen-bond acceptors (Lipinski definition) is 4. The smallest absolute Gasteiger partial charge is 0.323 e. The number of carbonyl (C=O) groups is 3. The lowest BCUT2D eigenvalue weighted by Gasteiger charge is -2.43.